The van der Waals surface area contributed by atoms with Crippen LogP contribution in [0.4, 0.5) is 0 Å². The number of ether oxygens (including phenoxy) is 1. The lowest BCUT2D eigenvalue weighted by Gasteiger charge is -2.31. The highest BCUT2D eigenvalue weighted by Gasteiger charge is 2.40. The average Bonchev–Trinajstić information content (AvgIpc) is 3.38. The molecule has 1 aromatic carbocycles. The highest BCUT2D eigenvalue weighted by atomic mass is 32.1. The zero-order valence-electron chi connectivity index (χ0n) is 19.2. The fourth-order valence-electron chi connectivity index (χ4n) is 3.88. The molecule has 166 valence electrons. The standard InChI is InChI=1S/C25H33N3O2S/c1-6-20-15-23(31-18(20)3)22(14-13-21-16-28(7-2)27-26-21)25(4,5)24(29)30-17-19-11-9-8-10-12-19/h8-12,15-16,22H,6-7,13-14,17H2,1-5H3. The molecule has 5 nitrogen and oxygen atoms in total. The minimum Gasteiger partial charge on any atom is -0.460 e. The third-order valence-corrected chi connectivity index (χ3v) is 7.18. The maximum atomic E-state index is 13.2. The summed E-state index contributed by atoms with van der Waals surface area (Å²) in [6, 6.07) is 12.1. The maximum Gasteiger partial charge on any atom is 0.312 e. The van der Waals surface area contributed by atoms with Gasteiger partial charge in [0.2, 0.25) is 0 Å². The van der Waals surface area contributed by atoms with Crippen molar-refractivity contribution in [3.63, 3.8) is 0 Å². The van der Waals surface area contributed by atoms with Crippen LogP contribution < -0.4 is 0 Å². The third kappa shape index (κ3) is 5.62. The monoisotopic (exact) mass is 439 g/mol. The minimum absolute atomic E-state index is 0.0477. The van der Waals surface area contributed by atoms with Crippen LogP contribution in [0.1, 0.15) is 66.6 Å². The Balaban J connectivity index is 1.80. The molecule has 0 aliphatic carbocycles. The van der Waals surface area contributed by atoms with Crippen molar-refractivity contribution in [3.05, 3.63) is 69.2 Å². The first-order valence-corrected chi connectivity index (χ1v) is 11.9. The number of esters is 1. The van der Waals surface area contributed by atoms with Crippen molar-refractivity contribution in [2.45, 2.75) is 73.0 Å². The van der Waals surface area contributed by atoms with E-state index in [9.17, 15) is 4.79 Å². The number of carbonyl (C=O) groups is 1. The van der Waals surface area contributed by atoms with Crippen LogP contribution in [0.3, 0.4) is 0 Å². The van der Waals surface area contributed by atoms with Crippen molar-refractivity contribution in [2.75, 3.05) is 0 Å². The van der Waals surface area contributed by atoms with Crippen LogP contribution >= 0.6 is 11.3 Å². The Labute approximate surface area is 189 Å². The van der Waals surface area contributed by atoms with Crippen LogP contribution in [0, 0.1) is 12.3 Å². The molecule has 2 heterocycles. The smallest absolute Gasteiger partial charge is 0.312 e. The summed E-state index contributed by atoms with van der Waals surface area (Å²) >= 11 is 1.80. The number of aryl methyl sites for hydroxylation is 4. The second-order valence-corrected chi connectivity index (χ2v) is 9.81. The Morgan fingerprint density at radius 3 is 2.58 bits per heavy atom. The second kappa shape index (κ2) is 10.2. The Kier molecular flexibility index (Phi) is 7.65. The van der Waals surface area contributed by atoms with Crippen molar-refractivity contribution in [1.29, 1.82) is 0 Å². The molecule has 0 radical (unpaired) electrons. The van der Waals surface area contributed by atoms with Gasteiger partial charge in [-0.05, 0) is 64.2 Å². The van der Waals surface area contributed by atoms with Gasteiger partial charge in [0.1, 0.15) is 6.61 Å². The molecule has 0 bridgehead atoms. The van der Waals surface area contributed by atoms with Gasteiger partial charge in [-0.15, -0.1) is 16.4 Å². The van der Waals surface area contributed by atoms with Gasteiger partial charge in [0, 0.05) is 28.4 Å². The normalized spacial score (nSPS) is 12.7. The highest BCUT2D eigenvalue weighted by Crippen LogP contribution is 2.44. The van der Waals surface area contributed by atoms with E-state index in [4.69, 9.17) is 4.74 Å². The number of benzene rings is 1. The van der Waals surface area contributed by atoms with Crippen molar-refractivity contribution in [2.24, 2.45) is 5.41 Å². The van der Waals surface area contributed by atoms with Crippen molar-refractivity contribution in [3.8, 4) is 0 Å². The lowest BCUT2D eigenvalue weighted by atomic mass is 9.75. The number of hydrogen-bond acceptors (Lipinski definition) is 5. The molecule has 0 amide bonds. The van der Waals surface area contributed by atoms with E-state index in [0.717, 1.165) is 37.1 Å². The van der Waals surface area contributed by atoms with Gasteiger partial charge in [-0.3, -0.25) is 9.48 Å². The van der Waals surface area contributed by atoms with Gasteiger partial charge < -0.3 is 4.74 Å². The Bertz CT molecular complexity index is 991. The molecule has 1 unspecified atom stereocenters. The van der Waals surface area contributed by atoms with E-state index in [2.05, 4.69) is 30.2 Å². The molecule has 0 spiro atoms. The molecule has 6 heteroatoms. The molecule has 3 rings (SSSR count). The first-order valence-electron chi connectivity index (χ1n) is 11.0. The fraction of sp³-hybridized carbons (Fsp3) is 0.480. The minimum atomic E-state index is -0.655. The van der Waals surface area contributed by atoms with Crippen molar-refractivity contribution < 1.29 is 9.53 Å². The SMILES string of the molecule is CCc1cc(C(CCc2cn(CC)nn2)C(C)(C)C(=O)OCc2ccccc2)sc1C. The Hall–Kier alpha value is -2.47. The zero-order chi connectivity index (χ0) is 22.4. The predicted octanol–water partition coefficient (Wildman–Crippen LogP) is 5.72. The van der Waals surface area contributed by atoms with E-state index >= 15 is 0 Å². The van der Waals surface area contributed by atoms with E-state index in [1.54, 1.807) is 11.3 Å². The molecule has 2 aromatic heterocycles. The van der Waals surface area contributed by atoms with Gasteiger partial charge in [-0.1, -0.05) is 42.5 Å². The van der Waals surface area contributed by atoms with Gasteiger partial charge in [0.15, 0.2) is 0 Å². The summed E-state index contributed by atoms with van der Waals surface area (Å²) in [5.41, 5.74) is 2.66. The van der Waals surface area contributed by atoms with Crippen LogP contribution in [-0.4, -0.2) is 21.0 Å². The van der Waals surface area contributed by atoms with Gasteiger partial charge >= 0.3 is 5.97 Å². The average molecular weight is 440 g/mol. The van der Waals surface area contributed by atoms with E-state index in [1.807, 2.05) is 62.0 Å². The molecule has 3 aromatic rings. The van der Waals surface area contributed by atoms with E-state index in [0.29, 0.717) is 6.61 Å². The largest absolute Gasteiger partial charge is 0.460 e. The lowest BCUT2D eigenvalue weighted by molar-refractivity contribution is -0.156. The number of rotatable bonds is 10. The topological polar surface area (TPSA) is 57.0 Å². The van der Waals surface area contributed by atoms with Crippen LogP contribution in [0.5, 0.6) is 0 Å². The summed E-state index contributed by atoms with van der Waals surface area (Å²) in [4.78, 5) is 15.8. The van der Waals surface area contributed by atoms with E-state index in [1.165, 1.54) is 15.3 Å². The summed E-state index contributed by atoms with van der Waals surface area (Å²) in [7, 11) is 0. The molecule has 1 atom stereocenters. The molecule has 0 saturated heterocycles. The Morgan fingerprint density at radius 2 is 1.97 bits per heavy atom. The van der Waals surface area contributed by atoms with Gasteiger partial charge in [0.25, 0.3) is 0 Å². The van der Waals surface area contributed by atoms with Crippen molar-refractivity contribution >= 4 is 17.3 Å². The lowest BCUT2D eigenvalue weighted by Crippen LogP contribution is -2.33. The molecule has 0 aliphatic rings. The van der Waals surface area contributed by atoms with Gasteiger partial charge in [0.05, 0.1) is 11.1 Å². The number of carbonyl (C=O) groups excluding carboxylic acids is 1. The second-order valence-electron chi connectivity index (χ2n) is 8.52. The first-order chi connectivity index (χ1) is 14.8. The molecule has 0 N–H and O–H groups in total. The summed E-state index contributed by atoms with van der Waals surface area (Å²) < 4.78 is 7.61. The van der Waals surface area contributed by atoms with Crippen LogP contribution in [0.25, 0.3) is 0 Å². The van der Waals surface area contributed by atoms with Crippen LogP contribution in [-0.2, 0) is 35.5 Å². The summed E-state index contributed by atoms with van der Waals surface area (Å²) in [5, 5.41) is 8.45. The molecule has 0 saturated carbocycles. The molecule has 31 heavy (non-hydrogen) atoms. The number of nitrogens with zero attached hydrogens (tertiary/aromatic N) is 3. The molecular formula is C25H33N3O2S. The summed E-state index contributed by atoms with van der Waals surface area (Å²) in [6.07, 6.45) is 4.59. The first kappa shape index (κ1) is 23.2. The number of thiophene rings is 1. The highest BCUT2D eigenvalue weighted by molar-refractivity contribution is 7.12. The summed E-state index contributed by atoms with van der Waals surface area (Å²) in [6.45, 7) is 11.5. The van der Waals surface area contributed by atoms with E-state index < -0.39 is 5.41 Å². The zero-order valence-corrected chi connectivity index (χ0v) is 20.0. The molecule has 0 aliphatic heterocycles. The van der Waals surface area contributed by atoms with Gasteiger partial charge in [-0.25, -0.2) is 0 Å². The third-order valence-electron chi connectivity index (χ3n) is 5.97. The Morgan fingerprint density at radius 1 is 1.23 bits per heavy atom. The number of hydrogen-bond donors (Lipinski definition) is 0. The fourth-order valence-corrected chi connectivity index (χ4v) is 5.32. The van der Waals surface area contributed by atoms with Crippen LogP contribution in [0.15, 0.2) is 42.6 Å². The quantitative estimate of drug-likeness (QED) is 0.379. The predicted molar refractivity (Wildman–Crippen MR) is 125 cm³/mol. The van der Waals surface area contributed by atoms with Crippen molar-refractivity contribution in [1.82, 2.24) is 15.0 Å². The van der Waals surface area contributed by atoms with E-state index in [-0.39, 0.29) is 11.9 Å². The summed E-state index contributed by atoms with van der Waals surface area (Å²) in [5.74, 6) is -0.116. The number of aromatic nitrogens is 3. The maximum absolute atomic E-state index is 13.2. The molecular weight excluding hydrogens is 406 g/mol. The molecule has 0 fully saturated rings. The van der Waals surface area contributed by atoms with Gasteiger partial charge in [-0.2, -0.15) is 0 Å². The van der Waals surface area contributed by atoms with Crippen LogP contribution in [0.2, 0.25) is 0 Å².